The number of hydrogen-bond donors (Lipinski definition) is 3. The van der Waals surface area contributed by atoms with Crippen LogP contribution in [-0.2, 0) is 0 Å². The van der Waals surface area contributed by atoms with Gasteiger partial charge in [-0.3, -0.25) is 0 Å². The number of imidazole rings is 1. The van der Waals surface area contributed by atoms with Gasteiger partial charge in [-0.25, -0.2) is 4.79 Å². The SMILES string of the molecule is CCC(CC)CNC(C)c1ccc2[nH]c(=O)[nH]c2c1. The Bertz CT molecular complexity index is 580. The Labute approximate surface area is 113 Å². The van der Waals surface area contributed by atoms with E-state index in [0.29, 0.717) is 6.04 Å². The number of benzene rings is 1. The van der Waals surface area contributed by atoms with Crippen LogP contribution in [0.3, 0.4) is 0 Å². The molecule has 0 aliphatic carbocycles. The fourth-order valence-electron chi connectivity index (χ4n) is 2.36. The molecular formula is C15H23N3O. The number of aromatic nitrogens is 2. The van der Waals surface area contributed by atoms with Gasteiger partial charge in [0.05, 0.1) is 11.0 Å². The summed E-state index contributed by atoms with van der Waals surface area (Å²) in [6.45, 7) is 7.67. The van der Waals surface area contributed by atoms with E-state index in [1.807, 2.05) is 12.1 Å². The Morgan fingerprint density at radius 1 is 1.16 bits per heavy atom. The summed E-state index contributed by atoms with van der Waals surface area (Å²) in [5.41, 5.74) is 2.79. The lowest BCUT2D eigenvalue weighted by Gasteiger charge is -2.19. The largest absolute Gasteiger partial charge is 0.323 e. The molecule has 0 aliphatic heterocycles. The second-order valence-corrected chi connectivity index (χ2v) is 5.20. The van der Waals surface area contributed by atoms with E-state index in [4.69, 9.17) is 0 Å². The van der Waals surface area contributed by atoms with E-state index in [1.54, 1.807) is 0 Å². The fourth-order valence-corrected chi connectivity index (χ4v) is 2.36. The van der Waals surface area contributed by atoms with Crippen LogP contribution in [0.5, 0.6) is 0 Å². The van der Waals surface area contributed by atoms with Gasteiger partial charge in [-0.05, 0) is 37.1 Å². The van der Waals surface area contributed by atoms with Gasteiger partial charge in [-0.2, -0.15) is 0 Å². The van der Waals surface area contributed by atoms with Crippen molar-refractivity contribution in [1.29, 1.82) is 0 Å². The van der Waals surface area contributed by atoms with E-state index in [9.17, 15) is 4.79 Å². The molecule has 0 aliphatic rings. The molecule has 0 bridgehead atoms. The van der Waals surface area contributed by atoms with E-state index in [2.05, 4.69) is 42.1 Å². The van der Waals surface area contributed by atoms with Gasteiger partial charge < -0.3 is 15.3 Å². The fraction of sp³-hybridized carbons (Fsp3) is 0.533. The van der Waals surface area contributed by atoms with Gasteiger partial charge in [0.15, 0.2) is 0 Å². The smallest absolute Gasteiger partial charge is 0.310 e. The van der Waals surface area contributed by atoms with Crippen LogP contribution >= 0.6 is 0 Å². The van der Waals surface area contributed by atoms with Crippen LogP contribution < -0.4 is 11.0 Å². The summed E-state index contributed by atoms with van der Waals surface area (Å²) in [5.74, 6) is 0.734. The van der Waals surface area contributed by atoms with Crippen molar-refractivity contribution >= 4 is 11.0 Å². The third kappa shape index (κ3) is 3.26. The normalized spacial score (nSPS) is 13.3. The molecule has 4 nitrogen and oxygen atoms in total. The van der Waals surface area contributed by atoms with E-state index >= 15 is 0 Å². The van der Waals surface area contributed by atoms with Crippen LogP contribution in [0.4, 0.5) is 0 Å². The highest BCUT2D eigenvalue weighted by Crippen LogP contribution is 2.17. The van der Waals surface area contributed by atoms with Crippen molar-refractivity contribution < 1.29 is 0 Å². The molecule has 2 aromatic rings. The van der Waals surface area contributed by atoms with Crippen molar-refractivity contribution in [2.45, 2.75) is 39.7 Å². The predicted molar refractivity (Wildman–Crippen MR) is 79.4 cm³/mol. The van der Waals surface area contributed by atoms with Gasteiger partial charge in [0.2, 0.25) is 0 Å². The molecule has 0 spiro atoms. The number of nitrogens with one attached hydrogen (secondary N) is 3. The molecular weight excluding hydrogens is 238 g/mol. The minimum absolute atomic E-state index is 0.148. The van der Waals surface area contributed by atoms with Gasteiger partial charge in [-0.15, -0.1) is 0 Å². The molecule has 2 rings (SSSR count). The monoisotopic (exact) mass is 261 g/mol. The van der Waals surface area contributed by atoms with Gasteiger partial charge in [0.1, 0.15) is 0 Å². The summed E-state index contributed by atoms with van der Waals surface area (Å²) in [5, 5.41) is 3.57. The Hall–Kier alpha value is -1.55. The molecule has 1 aromatic heterocycles. The van der Waals surface area contributed by atoms with Crippen LogP contribution in [0.2, 0.25) is 0 Å². The molecule has 0 saturated heterocycles. The molecule has 104 valence electrons. The maximum Gasteiger partial charge on any atom is 0.323 e. The lowest BCUT2D eigenvalue weighted by molar-refractivity contribution is 0.422. The Morgan fingerprint density at radius 2 is 1.84 bits per heavy atom. The summed E-state index contributed by atoms with van der Waals surface area (Å²) < 4.78 is 0. The first-order valence-corrected chi connectivity index (χ1v) is 7.09. The number of aromatic amines is 2. The standard InChI is InChI=1S/C15H23N3O/c1-4-11(5-2)9-16-10(3)12-6-7-13-14(8-12)18-15(19)17-13/h6-8,10-11,16H,4-5,9H2,1-3H3,(H2,17,18,19). The maximum atomic E-state index is 11.2. The van der Waals surface area contributed by atoms with Gasteiger partial charge in [-0.1, -0.05) is 32.8 Å². The lowest BCUT2D eigenvalue weighted by atomic mass is 10.0. The topological polar surface area (TPSA) is 60.7 Å². The highest BCUT2D eigenvalue weighted by molar-refractivity contribution is 5.75. The van der Waals surface area contributed by atoms with Crippen LogP contribution in [0, 0.1) is 5.92 Å². The third-order valence-electron chi connectivity index (χ3n) is 3.91. The van der Waals surface area contributed by atoms with E-state index in [-0.39, 0.29) is 5.69 Å². The molecule has 0 saturated carbocycles. The summed E-state index contributed by atoms with van der Waals surface area (Å²) in [6.07, 6.45) is 2.42. The molecule has 1 heterocycles. The van der Waals surface area contributed by atoms with Gasteiger partial charge >= 0.3 is 5.69 Å². The highest BCUT2D eigenvalue weighted by atomic mass is 16.1. The molecule has 1 atom stereocenters. The molecule has 0 amide bonds. The van der Waals surface area contributed by atoms with Gasteiger partial charge in [0, 0.05) is 6.04 Å². The molecule has 0 radical (unpaired) electrons. The highest BCUT2D eigenvalue weighted by Gasteiger charge is 2.09. The Morgan fingerprint density at radius 3 is 2.53 bits per heavy atom. The summed E-state index contributed by atoms with van der Waals surface area (Å²) in [7, 11) is 0. The molecule has 4 heteroatoms. The summed E-state index contributed by atoms with van der Waals surface area (Å²) in [6, 6.07) is 6.36. The molecule has 1 aromatic carbocycles. The minimum atomic E-state index is -0.148. The number of fused-ring (bicyclic) bond motifs is 1. The Kier molecular flexibility index (Phi) is 4.43. The molecule has 1 unspecified atom stereocenters. The van der Waals surface area contributed by atoms with Crippen LogP contribution in [0.1, 0.15) is 45.2 Å². The third-order valence-corrected chi connectivity index (χ3v) is 3.91. The predicted octanol–water partition coefficient (Wildman–Crippen LogP) is 2.94. The number of hydrogen-bond acceptors (Lipinski definition) is 2. The van der Waals surface area contributed by atoms with E-state index in [1.165, 1.54) is 18.4 Å². The van der Waals surface area contributed by atoms with Crippen molar-refractivity contribution in [3.05, 3.63) is 34.2 Å². The first kappa shape index (κ1) is 13.9. The average molecular weight is 261 g/mol. The zero-order chi connectivity index (χ0) is 13.8. The average Bonchev–Trinajstić information content (AvgIpc) is 2.78. The number of rotatable bonds is 6. The zero-order valence-electron chi connectivity index (χ0n) is 11.9. The van der Waals surface area contributed by atoms with Crippen LogP contribution in [0.25, 0.3) is 11.0 Å². The molecule has 3 N–H and O–H groups in total. The second kappa shape index (κ2) is 6.06. The van der Waals surface area contributed by atoms with Crippen LogP contribution in [0.15, 0.2) is 23.0 Å². The zero-order valence-corrected chi connectivity index (χ0v) is 11.9. The first-order chi connectivity index (χ1) is 9.13. The second-order valence-electron chi connectivity index (χ2n) is 5.20. The number of H-pyrrole nitrogens is 2. The lowest BCUT2D eigenvalue weighted by Crippen LogP contribution is -2.25. The molecule has 0 fully saturated rings. The summed E-state index contributed by atoms with van der Waals surface area (Å²) in [4.78, 5) is 16.8. The van der Waals surface area contributed by atoms with Crippen molar-refractivity contribution in [2.24, 2.45) is 5.92 Å². The quantitative estimate of drug-likeness (QED) is 0.748. The van der Waals surface area contributed by atoms with Crippen molar-refractivity contribution in [1.82, 2.24) is 15.3 Å². The van der Waals surface area contributed by atoms with Crippen molar-refractivity contribution in [3.63, 3.8) is 0 Å². The van der Waals surface area contributed by atoms with E-state index in [0.717, 1.165) is 23.5 Å². The van der Waals surface area contributed by atoms with Crippen LogP contribution in [-0.4, -0.2) is 16.5 Å². The Balaban J connectivity index is 2.08. The van der Waals surface area contributed by atoms with Crippen molar-refractivity contribution in [3.8, 4) is 0 Å². The van der Waals surface area contributed by atoms with Crippen molar-refractivity contribution in [2.75, 3.05) is 6.54 Å². The first-order valence-electron chi connectivity index (χ1n) is 7.09. The molecule has 19 heavy (non-hydrogen) atoms. The maximum absolute atomic E-state index is 11.2. The summed E-state index contributed by atoms with van der Waals surface area (Å²) >= 11 is 0. The van der Waals surface area contributed by atoms with E-state index < -0.39 is 0 Å². The van der Waals surface area contributed by atoms with Gasteiger partial charge in [0.25, 0.3) is 0 Å². The minimum Gasteiger partial charge on any atom is -0.310 e.